The number of hydrogen-bond acceptors (Lipinski definition) is 6. The molecular weight excluding hydrogens is 350 g/mol. The third kappa shape index (κ3) is 5.57. The van der Waals surface area contributed by atoms with Crippen molar-refractivity contribution in [2.45, 2.75) is 57.4 Å². The lowest BCUT2D eigenvalue weighted by Crippen LogP contribution is -2.33. The van der Waals surface area contributed by atoms with Crippen LogP contribution in [0.25, 0.3) is 0 Å². The first kappa shape index (κ1) is 18.9. The number of nitrogens with one attached hydrogen (secondary N) is 3. The number of anilines is 1. The van der Waals surface area contributed by atoms with Gasteiger partial charge in [0.2, 0.25) is 5.91 Å². The zero-order valence-corrected chi connectivity index (χ0v) is 15.4. The van der Waals surface area contributed by atoms with Crippen molar-refractivity contribution in [2.75, 3.05) is 11.9 Å². The number of aromatic amines is 1. The van der Waals surface area contributed by atoms with Crippen LogP contribution in [0.4, 0.5) is 10.6 Å². The van der Waals surface area contributed by atoms with Gasteiger partial charge in [-0.05, 0) is 25.7 Å². The zero-order valence-electron chi connectivity index (χ0n) is 15.4. The van der Waals surface area contributed by atoms with Crippen LogP contribution in [-0.2, 0) is 16.0 Å². The molecule has 2 aromatic heterocycles. The van der Waals surface area contributed by atoms with Crippen LogP contribution in [-0.4, -0.2) is 40.0 Å². The highest BCUT2D eigenvalue weighted by molar-refractivity contribution is 5.91. The Labute approximate surface area is 157 Å². The smallest absolute Gasteiger partial charge is 0.407 e. The van der Waals surface area contributed by atoms with Gasteiger partial charge in [-0.3, -0.25) is 9.89 Å². The van der Waals surface area contributed by atoms with Crippen LogP contribution in [0.1, 0.15) is 56.4 Å². The number of nitrogens with zero attached hydrogens (tertiary/aromatic N) is 2. The lowest BCUT2D eigenvalue weighted by Gasteiger charge is -2.13. The minimum atomic E-state index is -0.348. The predicted octanol–water partition coefficient (Wildman–Crippen LogP) is 2.74. The summed E-state index contributed by atoms with van der Waals surface area (Å²) in [6.07, 6.45) is 5.77. The molecule has 146 valence electrons. The topological polar surface area (TPSA) is 122 Å². The number of alkyl carbamates (subject to hydrolysis) is 1. The van der Waals surface area contributed by atoms with E-state index in [1.54, 1.807) is 6.07 Å². The Morgan fingerprint density at radius 3 is 3.07 bits per heavy atom. The van der Waals surface area contributed by atoms with Gasteiger partial charge in [0, 0.05) is 29.8 Å². The molecule has 9 nitrogen and oxygen atoms in total. The lowest BCUT2D eigenvalue weighted by molar-refractivity contribution is -0.115. The third-order valence-electron chi connectivity index (χ3n) is 4.62. The van der Waals surface area contributed by atoms with Crippen LogP contribution in [0.5, 0.6) is 0 Å². The molecule has 0 aromatic carbocycles. The summed E-state index contributed by atoms with van der Waals surface area (Å²) in [5, 5.41) is 16.4. The van der Waals surface area contributed by atoms with E-state index < -0.39 is 0 Å². The number of ether oxygens (including phenoxy) is 1. The van der Waals surface area contributed by atoms with E-state index in [0.717, 1.165) is 37.8 Å². The van der Waals surface area contributed by atoms with Crippen LogP contribution >= 0.6 is 0 Å². The summed E-state index contributed by atoms with van der Waals surface area (Å²) in [4.78, 5) is 23.7. The molecule has 3 N–H and O–H groups in total. The molecule has 2 heterocycles. The number of carbonyl (C=O) groups is 2. The molecule has 2 amide bonds. The Morgan fingerprint density at radius 2 is 2.30 bits per heavy atom. The van der Waals surface area contributed by atoms with E-state index >= 15 is 0 Å². The summed E-state index contributed by atoms with van der Waals surface area (Å²) in [6.45, 7) is 2.51. The van der Waals surface area contributed by atoms with E-state index in [2.05, 4.69) is 32.9 Å². The van der Waals surface area contributed by atoms with Gasteiger partial charge in [-0.1, -0.05) is 18.5 Å². The quantitative estimate of drug-likeness (QED) is 0.610. The maximum Gasteiger partial charge on any atom is 0.407 e. The van der Waals surface area contributed by atoms with Gasteiger partial charge in [-0.25, -0.2) is 4.79 Å². The van der Waals surface area contributed by atoms with Crippen LogP contribution in [0.3, 0.4) is 0 Å². The molecule has 27 heavy (non-hydrogen) atoms. The van der Waals surface area contributed by atoms with Gasteiger partial charge >= 0.3 is 6.09 Å². The van der Waals surface area contributed by atoms with Crippen molar-refractivity contribution in [1.82, 2.24) is 20.7 Å². The van der Waals surface area contributed by atoms with E-state index in [1.807, 2.05) is 6.07 Å². The number of hydrogen-bond donors (Lipinski definition) is 3. The fourth-order valence-corrected chi connectivity index (χ4v) is 3.20. The average Bonchev–Trinajstić information content (AvgIpc) is 3.37. The highest BCUT2D eigenvalue weighted by Gasteiger charge is 2.28. The minimum absolute atomic E-state index is 0.0944. The summed E-state index contributed by atoms with van der Waals surface area (Å²) >= 11 is 0. The van der Waals surface area contributed by atoms with Gasteiger partial charge in [0.05, 0.1) is 19.2 Å². The third-order valence-corrected chi connectivity index (χ3v) is 4.62. The highest BCUT2D eigenvalue weighted by Crippen LogP contribution is 2.34. The van der Waals surface area contributed by atoms with Crippen molar-refractivity contribution in [3.8, 4) is 0 Å². The summed E-state index contributed by atoms with van der Waals surface area (Å²) < 4.78 is 10.1. The summed E-state index contributed by atoms with van der Waals surface area (Å²) in [6, 6.07) is 3.58. The minimum Gasteiger partial charge on any atom is -0.450 e. The summed E-state index contributed by atoms with van der Waals surface area (Å²) in [7, 11) is 0. The van der Waals surface area contributed by atoms with Gasteiger partial charge < -0.3 is 19.9 Å². The van der Waals surface area contributed by atoms with Crippen molar-refractivity contribution in [3.63, 3.8) is 0 Å². The fourth-order valence-electron chi connectivity index (χ4n) is 3.20. The molecule has 2 unspecified atom stereocenters. The zero-order chi connectivity index (χ0) is 19.1. The number of unbranched alkanes of at least 4 members (excludes halogenated alkanes) is 1. The SMILES string of the molecule is CCCCOC(=O)NC1CCC(c2cc(NC(=O)Cc3ccno3)n[nH]2)C1. The Morgan fingerprint density at radius 1 is 1.41 bits per heavy atom. The van der Waals surface area contributed by atoms with Gasteiger partial charge in [0.25, 0.3) is 0 Å². The maximum atomic E-state index is 12.0. The number of aromatic nitrogens is 3. The van der Waals surface area contributed by atoms with Gasteiger partial charge in [0.1, 0.15) is 5.76 Å². The number of H-pyrrole nitrogens is 1. The first-order valence-corrected chi connectivity index (χ1v) is 9.32. The molecule has 0 radical (unpaired) electrons. The molecule has 0 bridgehead atoms. The highest BCUT2D eigenvalue weighted by atomic mass is 16.5. The van der Waals surface area contributed by atoms with Gasteiger partial charge in [0.15, 0.2) is 5.82 Å². The number of carbonyl (C=O) groups excluding carboxylic acids is 2. The predicted molar refractivity (Wildman–Crippen MR) is 97.2 cm³/mol. The molecule has 1 fully saturated rings. The van der Waals surface area contributed by atoms with Gasteiger partial charge in [-0.2, -0.15) is 5.10 Å². The average molecular weight is 375 g/mol. The van der Waals surface area contributed by atoms with E-state index in [9.17, 15) is 9.59 Å². The van der Waals surface area contributed by atoms with Crippen molar-refractivity contribution in [2.24, 2.45) is 0 Å². The van der Waals surface area contributed by atoms with Gasteiger partial charge in [-0.15, -0.1) is 0 Å². The van der Waals surface area contributed by atoms with E-state index in [1.165, 1.54) is 6.20 Å². The second-order valence-electron chi connectivity index (χ2n) is 6.75. The van der Waals surface area contributed by atoms with E-state index in [4.69, 9.17) is 9.26 Å². The number of amides is 2. The molecule has 9 heteroatoms. The summed E-state index contributed by atoms with van der Waals surface area (Å²) in [5.74, 6) is 1.02. The van der Waals surface area contributed by atoms with Crippen LogP contribution in [0, 0.1) is 0 Å². The Hall–Kier alpha value is -2.84. The normalized spacial score (nSPS) is 19.0. The second kappa shape index (κ2) is 9.20. The first-order chi connectivity index (χ1) is 13.1. The van der Waals surface area contributed by atoms with Crippen molar-refractivity contribution < 1.29 is 18.8 Å². The van der Waals surface area contributed by atoms with Crippen molar-refractivity contribution in [3.05, 3.63) is 29.8 Å². The molecular formula is C18H25N5O4. The van der Waals surface area contributed by atoms with Crippen molar-refractivity contribution >= 4 is 17.8 Å². The molecule has 0 aliphatic heterocycles. The Balaban J connectivity index is 1.44. The van der Waals surface area contributed by atoms with Crippen LogP contribution in [0.15, 0.2) is 22.9 Å². The second-order valence-corrected chi connectivity index (χ2v) is 6.75. The molecule has 2 atom stereocenters. The number of rotatable bonds is 8. The van der Waals surface area contributed by atoms with Crippen molar-refractivity contribution in [1.29, 1.82) is 0 Å². The van der Waals surface area contributed by atoms with E-state index in [0.29, 0.717) is 18.2 Å². The Bertz CT molecular complexity index is 743. The molecule has 2 aromatic rings. The maximum absolute atomic E-state index is 12.0. The molecule has 1 saturated carbocycles. The molecule has 3 rings (SSSR count). The largest absolute Gasteiger partial charge is 0.450 e. The lowest BCUT2D eigenvalue weighted by atomic mass is 10.0. The molecule has 1 aliphatic rings. The Kier molecular flexibility index (Phi) is 6.45. The monoisotopic (exact) mass is 375 g/mol. The molecule has 0 saturated heterocycles. The standard InChI is InChI=1S/C18H25N5O4/c1-2-3-8-26-18(25)20-13-5-4-12(9-13)15-11-16(23-22-15)21-17(24)10-14-6-7-19-27-14/h6-7,11-13H,2-5,8-10H2,1H3,(H,20,25)(H2,21,22,23,24). The van der Waals surface area contributed by atoms with Crippen LogP contribution in [0.2, 0.25) is 0 Å². The molecule has 0 spiro atoms. The van der Waals surface area contributed by atoms with Crippen LogP contribution < -0.4 is 10.6 Å². The fraction of sp³-hybridized carbons (Fsp3) is 0.556. The first-order valence-electron chi connectivity index (χ1n) is 9.32. The molecule has 1 aliphatic carbocycles. The summed E-state index contributed by atoms with van der Waals surface area (Å²) in [5.41, 5.74) is 0.952. The van der Waals surface area contributed by atoms with E-state index in [-0.39, 0.29) is 30.4 Å².